The molecule has 2 N–H and O–H groups in total. The van der Waals surface area contributed by atoms with Gasteiger partial charge in [0.1, 0.15) is 0 Å². The zero-order chi connectivity index (χ0) is 16.3. The lowest BCUT2D eigenvalue weighted by molar-refractivity contribution is -0.127. The van der Waals surface area contributed by atoms with Crippen molar-refractivity contribution >= 4 is 35.0 Å². The molecule has 120 valence electrons. The molecule has 2 amide bonds. The summed E-state index contributed by atoms with van der Waals surface area (Å²) in [6, 6.07) is 5.48. The van der Waals surface area contributed by atoms with E-state index in [1.807, 2.05) is 13.8 Å². The standard InChI is InChI=1S/C16H20Cl2N2O2/c1-9(2)15(10-3-6-12(17)13(18)7-10)16(22)19-8-14(21)20-11-4-5-11/h3,6-7,9,11,15H,4-5,8H2,1-2H3,(H,19,22)(H,20,21). The van der Waals surface area contributed by atoms with Crippen molar-refractivity contribution in [2.24, 2.45) is 5.92 Å². The molecule has 0 bridgehead atoms. The van der Waals surface area contributed by atoms with Gasteiger partial charge in [-0.25, -0.2) is 0 Å². The molecule has 0 aliphatic heterocycles. The van der Waals surface area contributed by atoms with Crippen LogP contribution in [0.15, 0.2) is 18.2 Å². The van der Waals surface area contributed by atoms with Crippen molar-refractivity contribution in [3.63, 3.8) is 0 Å². The van der Waals surface area contributed by atoms with Crippen molar-refractivity contribution < 1.29 is 9.59 Å². The van der Waals surface area contributed by atoms with Gasteiger partial charge in [0.2, 0.25) is 11.8 Å². The Hall–Kier alpha value is -1.26. The Balaban J connectivity index is 2.01. The number of hydrogen-bond acceptors (Lipinski definition) is 2. The minimum Gasteiger partial charge on any atom is -0.352 e. The summed E-state index contributed by atoms with van der Waals surface area (Å²) in [5.41, 5.74) is 0.796. The lowest BCUT2D eigenvalue weighted by Gasteiger charge is -2.21. The largest absolute Gasteiger partial charge is 0.352 e. The van der Waals surface area contributed by atoms with E-state index in [1.165, 1.54) is 0 Å². The van der Waals surface area contributed by atoms with Crippen LogP contribution in [0.25, 0.3) is 0 Å². The number of benzene rings is 1. The van der Waals surface area contributed by atoms with Crippen molar-refractivity contribution in [3.8, 4) is 0 Å². The maximum Gasteiger partial charge on any atom is 0.239 e. The quantitative estimate of drug-likeness (QED) is 0.834. The molecule has 0 radical (unpaired) electrons. The molecule has 4 nitrogen and oxygen atoms in total. The summed E-state index contributed by atoms with van der Waals surface area (Å²) in [4.78, 5) is 24.1. The number of nitrogens with one attached hydrogen (secondary N) is 2. The van der Waals surface area contributed by atoms with Crippen LogP contribution >= 0.6 is 23.2 Å². The summed E-state index contributed by atoms with van der Waals surface area (Å²) in [5, 5.41) is 6.42. The van der Waals surface area contributed by atoms with Crippen LogP contribution in [0.4, 0.5) is 0 Å². The van der Waals surface area contributed by atoms with Gasteiger partial charge >= 0.3 is 0 Å². The van der Waals surface area contributed by atoms with Gasteiger partial charge in [0, 0.05) is 6.04 Å². The second-order valence-electron chi connectivity index (χ2n) is 5.95. The van der Waals surface area contributed by atoms with E-state index >= 15 is 0 Å². The van der Waals surface area contributed by atoms with E-state index < -0.39 is 0 Å². The molecular formula is C16H20Cl2N2O2. The first-order chi connectivity index (χ1) is 10.4. The van der Waals surface area contributed by atoms with E-state index in [2.05, 4.69) is 10.6 Å². The Morgan fingerprint density at radius 2 is 1.91 bits per heavy atom. The Labute approximate surface area is 140 Å². The van der Waals surface area contributed by atoms with Crippen molar-refractivity contribution in [1.29, 1.82) is 0 Å². The lowest BCUT2D eigenvalue weighted by Crippen LogP contribution is -2.40. The molecule has 0 heterocycles. The molecule has 2 rings (SSSR count). The summed E-state index contributed by atoms with van der Waals surface area (Å²) < 4.78 is 0. The van der Waals surface area contributed by atoms with Crippen LogP contribution in [0.5, 0.6) is 0 Å². The molecule has 0 saturated heterocycles. The van der Waals surface area contributed by atoms with Crippen LogP contribution in [0, 0.1) is 5.92 Å². The van der Waals surface area contributed by atoms with E-state index in [4.69, 9.17) is 23.2 Å². The number of carbonyl (C=O) groups is 2. The third kappa shape index (κ3) is 4.62. The van der Waals surface area contributed by atoms with Gasteiger partial charge in [-0.1, -0.05) is 43.1 Å². The number of halogens is 2. The van der Waals surface area contributed by atoms with Crippen molar-refractivity contribution in [1.82, 2.24) is 10.6 Å². The number of hydrogen-bond donors (Lipinski definition) is 2. The predicted octanol–water partition coefficient (Wildman–Crippen LogP) is 3.13. The number of carbonyl (C=O) groups excluding carboxylic acids is 2. The van der Waals surface area contributed by atoms with Crippen LogP contribution < -0.4 is 10.6 Å². The van der Waals surface area contributed by atoms with Gasteiger partial charge in [0.25, 0.3) is 0 Å². The van der Waals surface area contributed by atoms with Crippen LogP contribution in [-0.2, 0) is 9.59 Å². The smallest absolute Gasteiger partial charge is 0.239 e. The maximum absolute atomic E-state index is 12.4. The highest BCUT2D eigenvalue weighted by atomic mass is 35.5. The van der Waals surface area contributed by atoms with Gasteiger partial charge in [0.15, 0.2) is 0 Å². The normalized spacial score (nSPS) is 15.5. The van der Waals surface area contributed by atoms with Crippen molar-refractivity contribution in [2.75, 3.05) is 6.54 Å². The minimum absolute atomic E-state index is 0.000124. The van der Waals surface area contributed by atoms with Gasteiger partial charge in [0.05, 0.1) is 22.5 Å². The van der Waals surface area contributed by atoms with E-state index in [1.54, 1.807) is 18.2 Å². The summed E-state index contributed by atoms with van der Waals surface area (Å²) in [6.07, 6.45) is 2.05. The molecular weight excluding hydrogens is 323 g/mol. The zero-order valence-electron chi connectivity index (χ0n) is 12.7. The predicted molar refractivity (Wildman–Crippen MR) is 88.2 cm³/mol. The van der Waals surface area contributed by atoms with Crippen LogP contribution in [0.1, 0.15) is 38.2 Å². The molecule has 0 spiro atoms. The maximum atomic E-state index is 12.4. The Kier molecular flexibility index (Phi) is 5.70. The van der Waals surface area contributed by atoms with Gasteiger partial charge in [-0.05, 0) is 36.5 Å². The monoisotopic (exact) mass is 342 g/mol. The summed E-state index contributed by atoms with van der Waals surface area (Å²) in [6.45, 7) is 3.91. The van der Waals surface area contributed by atoms with Crippen LogP contribution in [-0.4, -0.2) is 24.4 Å². The van der Waals surface area contributed by atoms with E-state index in [9.17, 15) is 9.59 Å². The lowest BCUT2D eigenvalue weighted by atomic mass is 9.87. The molecule has 1 fully saturated rings. The topological polar surface area (TPSA) is 58.2 Å². The summed E-state index contributed by atoms with van der Waals surface area (Å²) in [5.74, 6) is -0.626. The molecule has 1 unspecified atom stereocenters. The highest BCUT2D eigenvalue weighted by Gasteiger charge is 2.26. The fourth-order valence-corrected chi connectivity index (χ4v) is 2.64. The molecule has 0 aromatic heterocycles. The fraction of sp³-hybridized carbons (Fsp3) is 0.500. The Morgan fingerprint density at radius 1 is 1.23 bits per heavy atom. The molecule has 1 atom stereocenters. The highest BCUT2D eigenvalue weighted by molar-refractivity contribution is 6.42. The SMILES string of the molecule is CC(C)C(C(=O)NCC(=O)NC1CC1)c1ccc(Cl)c(Cl)c1. The van der Waals surface area contributed by atoms with Gasteiger partial charge in [-0.3, -0.25) is 9.59 Å². The number of amides is 2. The molecule has 1 saturated carbocycles. The average molecular weight is 343 g/mol. The van der Waals surface area contributed by atoms with Gasteiger partial charge < -0.3 is 10.6 Å². The molecule has 22 heavy (non-hydrogen) atoms. The summed E-state index contributed by atoms with van der Waals surface area (Å²) >= 11 is 11.9. The first-order valence-corrected chi connectivity index (χ1v) is 8.16. The van der Waals surface area contributed by atoms with Crippen LogP contribution in [0.3, 0.4) is 0 Å². The van der Waals surface area contributed by atoms with Crippen LogP contribution in [0.2, 0.25) is 10.0 Å². The first kappa shape index (κ1) is 17.1. The second kappa shape index (κ2) is 7.34. The van der Waals surface area contributed by atoms with Crippen molar-refractivity contribution in [2.45, 2.75) is 38.6 Å². The summed E-state index contributed by atoms with van der Waals surface area (Å²) in [7, 11) is 0. The third-order valence-electron chi connectivity index (χ3n) is 3.62. The van der Waals surface area contributed by atoms with E-state index in [-0.39, 0.29) is 30.2 Å². The van der Waals surface area contributed by atoms with Crippen molar-refractivity contribution in [3.05, 3.63) is 33.8 Å². The third-order valence-corrected chi connectivity index (χ3v) is 4.36. The average Bonchev–Trinajstić information content (AvgIpc) is 3.24. The van der Waals surface area contributed by atoms with Gasteiger partial charge in [-0.2, -0.15) is 0 Å². The number of rotatable bonds is 6. The molecule has 1 aliphatic carbocycles. The minimum atomic E-state index is -0.372. The molecule has 1 aliphatic rings. The first-order valence-electron chi connectivity index (χ1n) is 7.40. The highest BCUT2D eigenvalue weighted by Crippen LogP contribution is 2.30. The Morgan fingerprint density at radius 3 is 2.45 bits per heavy atom. The Bertz CT molecular complexity index is 571. The molecule has 1 aromatic rings. The zero-order valence-corrected chi connectivity index (χ0v) is 14.2. The second-order valence-corrected chi connectivity index (χ2v) is 6.77. The van der Waals surface area contributed by atoms with E-state index in [0.717, 1.165) is 18.4 Å². The van der Waals surface area contributed by atoms with Gasteiger partial charge in [-0.15, -0.1) is 0 Å². The molecule has 1 aromatic carbocycles. The fourth-order valence-electron chi connectivity index (χ4n) is 2.33. The van der Waals surface area contributed by atoms with E-state index in [0.29, 0.717) is 16.1 Å². The molecule has 6 heteroatoms.